The molecule has 0 saturated carbocycles. The molecular weight excluding hydrogens is 226 g/mol. The Bertz CT molecular complexity index is 366. The monoisotopic (exact) mass is 241 g/mol. The van der Waals surface area contributed by atoms with Crippen molar-refractivity contribution < 1.29 is 9.53 Å². The topological polar surface area (TPSA) is 38.3 Å². The lowest BCUT2D eigenvalue weighted by atomic mass is 10.1. The summed E-state index contributed by atoms with van der Waals surface area (Å²) in [4.78, 5) is 11.0. The minimum atomic E-state index is 0.0691. The second kappa shape index (κ2) is 6.38. The van der Waals surface area contributed by atoms with Crippen LogP contribution in [-0.2, 0) is 11.2 Å². The highest BCUT2D eigenvalue weighted by Gasteiger charge is 2.02. The molecule has 3 nitrogen and oxygen atoms in total. The van der Waals surface area contributed by atoms with E-state index in [9.17, 15) is 4.79 Å². The molecule has 16 heavy (non-hydrogen) atoms. The van der Waals surface area contributed by atoms with Crippen LogP contribution in [0.4, 0.5) is 0 Å². The summed E-state index contributed by atoms with van der Waals surface area (Å²) in [7, 11) is 1.59. The Balaban J connectivity index is 2.49. The number of rotatable bonds is 5. The predicted molar refractivity (Wildman–Crippen MR) is 65.0 cm³/mol. The van der Waals surface area contributed by atoms with E-state index in [4.69, 9.17) is 16.3 Å². The lowest BCUT2D eigenvalue weighted by molar-refractivity contribution is -0.120. The number of halogens is 1. The highest BCUT2D eigenvalue weighted by Crippen LogP contribution is 2.24. The molecule has 4 heteroatoms. The van der Waals surface area contributed by atoms with E-state index in [1.165, 1.54) is 0 Å². The third-order valence-electron chi connectivity index (χ3n) is 2.27. The fraction of sp³-hybridized carbons (Fsp3) is 0.417. The second-order valence-electron chi connectivity index (χ2n) is 3.42. The Morgan fingerprint density at radius 3 is 2.81 bits per heavy atom. The molecule has 1 N–H and O–H groups in total. The van der Waals surface area contributed by atoms with E-state index in [1.54, 1.807) is 7.11 Å². The zero-order valence-electron chi connectivity index (χ0n) is 9.55. The molecule has 0 heterocycles. The van der Waals surface area contributed by atoms with Gasteiger partial charge in [0.05, 0.1) is 12.1 Å². The summed E-state index contributed by atoms with van der Waals surface area (Å²) >= 11 is 5.99. The van der Waals surface area contributed by atoms with Gasteiger partial charge in [0.25, 0.3) is 0 Å². The van der Waals surface area contributed by atoms with Crippen molar-refractivity contribution in [2.45, 2.75) is 19.8 Å². The van der Waals surface area contributed by atoms with Gasteiger partial charge in [0, 0.05) is 13.0 Å². The van der Waals surface area contributed by atoms with Gasteiger partial charge in [-0.3, -0.25) is 4.79 Å². The summed E-state index contributed by atoms with van der Waals surface area (Å²) in [5, 5.41) is 3.41. The van der Waals surface area contributed by atoms with Gasteiger partial charge in [-0.05, 0) is 24.1 Å². The Morgan fingerprint density at radius 1 is 1.50 bits per heavy atom. The van der Waals surface area contributed by atoms with Crippen LogP contribution in [0.3, 0.4) is 0 Å². The first-order chi connectivity index (χ1) is 7.67. The fourth-order valence-electron chi connectivity index (χ4n) is 1.34. The molecule has 0 aromatic heterocycles. The molecule has 0 bridgehead atoms. The van der Waals surface area contributed by atoms with Crippen LogP contribution in [0.2, 0.25) is 5.02 Å². The predicted octanol–water partition coefficient (Wildman–Crippen LogP) is 2.42. The fourth-order valence-corrected chi connectivity index (χ4v) is 1.62. The van der Waals surface area contributed by atoms with Crippen molar-refractivity contribution in [3.8, 4) is 5.75 Å². The van der Waals surface area contributed by atoms with E-state index < -0.39 is 0 Å². The molecule has 0 atom stereocenters. The smallest absolute Gasteiger partial charge is 0.219 e. The average Bonchev–Trinajstić information content (AvgIpc) is 2.29. The Morgan fingerprint density at radius 2 is 2.25 bits per heavy atom. The van der Waals surface area contributed by atoms with Crippen molar-refractivity contribution in [3.05, 3.63) is 28.8 Å². The van der Waals surface area contributed by atoms with Crippen LogP contribution in [-0.4, -0.2) is 19.6 Å². The highest BCUT2D eigenvalue weighted by molar-refractivity contribution is 6.32. The van der Waals surface area contributed by atoms with Gasteiger partial charge < -0.3 is 10.1 Å². The number of nitrogens with one attached hydrogen (secondary N) is 1. The van der Waals surface area contributed by atoms with E-state index in [2.05, 4.69) is 5.32 Å². The number of ether oxygens (including phenoxy) is 1. The van der Waals surface area contributed by atoms with Crippen molar-refractivity contribution in [3.63, 3.8) is 0 Å². The molecule has 0 aliphatic carbocycles. The van der Waals surface area contributed by atoms with Crippen LogP contribution < -0.4 is 10.1 Å². The number of carbonyl (C=O) groups is 1. The Hall–Kier alpha value is -1.22. The number of methoxy groups -OCH3 is 1. The number of amides is 1. The highest BCUT2D eigenvalue weighted by atomic mass is 35.5. The first kappa shape index (κ1) is 12.8. The summed E-state index contributed by atoms with van der Waals surface area (Å²) in [6.07, 6.45) is 1.29. The first-order valence-corrected chi connectivity index (χ1v) is 5.64. The van der Waals surface area contributed by atoms with Gasteiger partial charge in [-0.25, -0.2) is 0 Å². The molecule has 1 amide bonds. The number of hydrogen-bond acceptors (Lipinski definition) is 2. The van der Waals surface area contributed by atoms with Crippen LogP contribution in [0.5, 0.6) is 5.75 Å². The minimum absolute atomic E-state index is 0.0691. The molecule has 0 spiro atoms. The minimum Gasteiger partial charge on any atom is -0.495 e. The van der Waals surface area contributed by atoms with Crippen LogP contribution >= 0.6 is 11.6 Å². The third kappa shape index (κ3) is 3.74. The number of benzene rings is 1. The van der Waals surface area contributed by atoms with Crippen LogP contribution in [0.25, 0.3) is 0 Å². The molecule has 1 rings (SSSR count). The summed E-state index contributed by atoms with van der Waals surface area (Å²) in [6.45, 7) is 2.47. The third-order valence-corrected chi connectivity index (χ3v) is 2.57. The van der Waals surface area contributed by atoms with Crippen LogP contribution in [0.1, 0.15) is 18.9 Å². The Labute approximate surface area is 101 Å². The second-order valence-corrected chi connectivity index (χ2v) is 3.83. The van der Waals surface area contributed by atoms with E-state index in [0.29, 0.717) is 23.7 Å². The summed E-state index contributed by atoms with van der Waals surface area (Å²) in [6, 6.07) is 5.64. The quantitative estimate of drug-likeness (QED) is 0.860. The van der Waals surface area contributed by atoms with E-state index in [1.807, 2.05) is 25.1 Å². The van der Waals surface area contributed by atoms with E-state index in [0.717, 1.165) is 12.0 Å². The zero-order chi connectivity index (χ0) is 12.0. The van der Waals surface area contributed by atoms with Crippen molar-refractivity contribution in [1.29, 1.82) is 0 Å². The standard InChI is InChI=1S/C12H16ClNO2/c1-3-12(15)14-7-6-9-4-5-11(16-2)10(13)8-9/h4-5,8H,3,6-7H2,1-2H3,(H,14,15). The van der Waals surface area contributed by atoms with Gasteiger partial charge >= 0.3 is 0 Å². The van der Waals surface area contributed by atoms with E-state index in [-0.39, 0.29) is 5.91 Å². The molecule has 1 aromatic carbocycles. The molecule has 0 fully saturated rings. The number of hydrogen-bond donors (Lipinski definition) is 1. The van der Waals surface area contributed by atoms with Crippen LogP contribution in [0.15, 0.2) is 18.2 Å². The maximum Gasteiger partial charge on any atom is 0.219 e. The number of carbonyl (C=O) groups excluding carboxylic acids is 1. The molecule has 1 aromatic rings. The molecule has 0 aliphatic rings. The van der Waals surface area contributed by atoms with Crippen molar-refractivity contribution in [2.75, 3.05) is 13.7 Å². The maximum absolute atomic E-state index is 11.0. The lowest BCUT2D eigenvalue weighted by Crippen LogP contribution is -2.24. The SMILES string of the molecule is CCC(=O)NCCc1ccc(OC)c(Cl)c1. The maximum atomic E-state index is 11.0. The molecule has 88 valence electrons. The normalized spacial score (nSPS) is 9.94. The van der Waals surface area contributed by atoms with Crippen molar-refractivity contribution in [2.24, 2.45) is 0 Å². The zero-order valence-corrected chi connectivity index (χ0v) is 10.3. The molecule has 0 aliphatic heterocycles. The van der Waals surface area contributed by atoms with Gasteiger partial charge in [-0.15, -0.1) is 0 Å². The van der Waals surface area contributed by atoms with Gasteiger partial charge in [0.2, 0.25) is 5.91 Å². The van der Waals surface area contributed by atoms with Crippen LogP contribution in [0, 0.1) is 0 Å². The molecule has 0 unspecified atom stereocenters. The van der Waals surface area contributed by atoms with Gasteiger partial charge in [0.15, 0.2) is 0 Å². The summed E-state index contributed by atoms with van der Waals surface area (Å²) in [5.41, 5.74) is 1.09. The molecular formula is C12H16ClNO2. The molecule has 0 saturated heterocycles. The Kier molecular flexibility index (Phi) is 5.12. The molecule has 0 radical (unpaired) electrons. The van der Waals surface area contributed by atoms with Gasteiger partial charge in [0.1, 0.15) is 5.75 Å². The summed E-state index contributed by atoms with van der Waals surface area (Å²) < 4.78 is 5.06. The first-order valence-electron chi connectivity index (χ1n) is 5.26. The van der Waals surface area contributed by atoms with E-state index >= 15 is 0 Å². The van der Waals surface area contributed by atoms with Gasteiger partial charge in [-0.1, -0.05) is 24.6 Å². The van der Waals surface area contributed by atoms with Crippen molar-refractivity contribution >= 4 is 17.5 Å². The van der Waals surface area contributed by atoms with Gasteiger partial charge in [-0.2, -0.15) is 0 Å². The van der Waals surface area contributed by atoms with Crippen molar-refractivity contribution in [1.82, 2.24) is 5.32 Å². The largest absolute Gasteiger partial charge is 0.495 e. The lowest BCUT2D eigenvalue weighted by Gasteiger charge is -2.06. The summed E-state index contributed by atoms with van der Waals surface area (Å²) in [5.74, 6) is 0.739. The average molecular weight is 242 g/mol.